The van der Waals surface area contributed by atoms with E-state index in [1.54, 1.807) is 0 Å². The molecule has 96 valence electrons. The number of hydrogen-bond acceptors (Lipinski definition) is 1. The molecule has 0 N–H and O–H groups in total. The van der Waals surface area contributed by atoms with Gasteiger partial charge in [-0.1, -0.05) is 37.5 Å². The molecule has 1 heterocycles. The van der Waals surface area contributed by atoms with Gasteiger partial charge in [0.2, 0.25) is 0 Å². The highest BCUT2D eigenvalue weighted by molar-refractivity contribution is 5.95. The summed E-state index contributed by atoms with van der Waals surface area (Å²) in [5.41, 5.74) is 1.11. The van der Waals surface area contributed by atoms with Crippen LogP contribution in [0, 0.1) is 0 Å². The number of para-hydroxylation sites is 1. The van der Waals surface area contributed by atoms with Gasteiger partial charge in [0, 0.05) is 12.7 Å². The second kappa shape index (κ2) is 4.30. The third-order valence-corrected chi connectivity index (χ3v) is 4.53. The van der Waals surface area contributed by atoms with E-state index in [0.29, 0.717) is 0 Å². The number of nitrogens with zero attached hydrogens (tertiary/aromatic N) is 2. The molecule has 0 atom stereocenters. The molecule has 3 heteroatoms. The van der Waals surface area contributed by atoms with Gasteiger partial charge in [-0.25, -0.2) is 4.79 Å². The van der Waals surface area contributed by atoms with Crippen LogP contribution in [0.2, 0.25) is 0 Å². The van der Waals surface area contributed by atoms with Crippen LogP contribution in [0.15, 0.2) is 30.3 Å². The van der Waals surface area contributed by atoms with E-state index in [4.69, 9.17) is 0 Å². The quantitative estimate of drug-likeness (QED) is 0.743. The highest BCUT2D eigenvalue weighted by Crippen LogP contribution is 2.39. The average Bonchev–Trinajstić information content (AvgIpc) is 2.67. The van der Waals surface area contributed by atoms with Gasteiger partial charge in [-0.05, 0) is 25.0 Å². The van der Waals surface area contributed by atoms with Crippen molar-refractivity contribution >= 4 is 11.7 Å². The molecule has 2 fully saturated rings. The normalized spacial score (nSPS) is 22.8. The van der Waals surface area contributed by atoms with Crippen molar-refractivity contribution in [2.24, 2.45) is 0 Å². The zero-order valence-corrected chi connectivity index (χ0v) is 10.9. The Hall–Kier alpha value is -1.51. The van der Waals surface area contributed by atoms with Crippen LogP contribution in [0.1, 0.15) is 32.1 Å². The highest BCUT2D eigenvalue weighted by atomic mass is 16.2. The Morgan fingerprint density at radius 3 is 2.39 bits per heavy atom. The number of rotatable bonds is 1. The predicted molar refractivity (Wildman–Crippen MR) is 72.8 cm³/mol. The van der Waals surface area contributed by atoms with E-state index in [9.17, 15) is 4.79 Å². The maximum absolute atomic E-state index is 12.4. The molecule has 1 saturated carbocycles. The van der Waals surface area contributed by atoms with Crippen molar-refractivity contribution in [1.29, 1.82) is 0 Å². The lowest BCUT2D eigenvalue weighted by Crippen LogP contribution is -2.46. The van der Waals surface area contributed by atoms with E-state index in [2.05, 4.69) is 0 Å². The molecule has 3 rings (SSSR count). The molecule has 1 aliphatic carbocycles. The lowest BCUT2D eigenvalue weighted by atomic mass is 9.81. The van der Waals surface area contributed by atoms with Crippen LogP contribution in [0.3, 0.4) is 0 Å². The standard InChI is InChI=1S/C15H20N2O/c1-16-14(18)17(13-8-4-2-5-9-13)12-15(16)10-6-3-7-11-15/h2,4-5,8-9H,3,6-7,10-12H2,1H3. The van der Waals surface area contributed by atoms with Gasteiger partial charge in [0.15, 0.2) is 0 Å². The first-order valence-corrected chi connectivity index (χ1v) is 6.83. The van der Waals surface area contributed by atoms with Crippen LogP contribution >= 0.6 is 0 Å². The Balaban J connectivity index is 1.89. The molecule has 2 amide bonds. The zero-order chi connectivity index (χ0) is 12.6. The average molecular weight is 244 g/mol. The van der Waals surface area contributed by atoms with Crippen molar-refractivity contribution in [3.63, 3.8) is 0 Å². The zero-order valence-electron chi connectivity index (χ0n) is 10.9. The first-order valence-electron chi connectivity index (χ1n) is 6.83. The molecule has 18 heavy (non-hydrogen) atoms. The summed E-state index contributed by atoms with van der Waals surface area (Å²) >= 11 is 0. The summed E-state index contributed by atoms with van der Waals surface area (Å²) in [4.78, 5) is 16.4. The smallest absolute Gasteiger partial charge is 0.320 e. The number of amides is 2. The maximum Gasteiger partial charge on any atom is 0.324 e. The second-order valence-corrected chi connectivity index (χ2v) is 5.55. The Labute approximate surface area is 108 Å². The summed E-state index contributed by atoms with van der Waals surface area (Å²) < 4.78 is 0. The van der Waals surface area contributed by atoms with Gasteiger partial charge in [-0.15, -0.1) is 0 Å². The SMILES string of the molecule is CN1C(=O)N(c2ccccc2)CC12CCCCC2. The minimum absolute atomic E-state index is 0.0885. The number of likely N-dealkylation sites (N-methyl/N-ethyl adjacent to an activating group) is 1. The molecule has 0 bridgehead atoms. The van der Waals surface area contributed by atoms with Gasteiger partial charge in [0.25, 0.3) is 0 Å². The first-order chi connectivity index (χ1) is 8.73. The maximum atomic E-state index is 12.4. The molecule has 1 spiro atoms. The summed E-state index contributed by atoms with van der Waals surface area (Å²) in [6.45, 7) is 0.854. The lowest BCUT2D eigenvalue weighted by molar-refractivity contribution is 0.141. The van der Waals surface area contributed by atoms with Crippen molar-refractivity contribution in [1.82, 2.24) is 4.90 Å². The Morgan fingerprint density at radius 1 is 1.06 bits per heavy atom. The van der Waals surface area contributed by atoms with Gasteiger partial charge in [0.05, 0.1) is 12.1 Å². The third kappa shape index (κ3) is 1.69. The van der Waals surface area contributed by atoms with Gasteiger partial charge in [0.1, 0.15) is 0 Å². The molecular weight excluding hydrogens is 224 g/mol. The van der Waals surface area contributed by atoms with E-state index in [1.807, 2.05) is 47.2 Å². The largest absolute Gasteiger partial charge is 0.324 e. The van der Waals surface area contributed by atoms with Crippen LogP contribution in [0.5, 0.6) is 0 Å². The monoisotopic (exact) mass is 244 g/mol. The Bertz CT molecular complexity index is 437. The minimum atomic E-state index is 0.0885. The summed E-state index contributed by atoms with van der Waals surface area (Å²) in [7, 11) is 1.97. The number of carbonyl (C=O) groups is 1. The summed E-state index contributed by atoms with van der Waals surface area (Å²) in [5, 5.41) is 0. The fourth-order valence-corrected chi connectivity index (χ4v) is 3.37. The molecule has 0 radical (unpaired) electrons. The molecule has 2 aliphatic rings. The molecule has 1 aromatic carbocycles. The fraction of sp³-hybridized carbons (Fsp3) is 0.533. The predicted octanol–water partition coefficient (Wildman–Crippen LogP) is 3.26. The topological polar surface area (TPSA) is 23.6 Å². The molecule has 1 saturated heterocycles. The number of carbonyl (C=O) groups excluding carboxylic acids is 1. The van der Waals surface area contributed by atoms with Gasteiger partial charge in [-0.2, -0.15) is 0 Å². The lowest BCUT2D eigenvalue weighted by Gasteiger charge is -2.37. The van der Waals surface area contributed by atoms with Crippen molar-refractivity contribution < 1.29 is 4.79 Å². The number of urea groups is 1. The van der Waals surface area contributed by atoms with Crippen molar-refractivity contribution in [2.45, 2.75) is 37.6 Å². The number of anilines is 1. The highest BCUT2D eigenvalue weighted by Gasteiger charge is 2.48. The second-order valence-electron chi connectivity index (χ2n) is 5.55. The van der Waals surface area contributed by atoms with Crippen molar-refractivity contribution in [3.8, 4) is 0 Å². The molecule has 0 aromatic heterocycles. The van der Waals surface area contributed by atoms with Crippen LogP contribution < -0.4 is 4.90 Å². The molecule has 1 aliphatic heterocycles. The number of benzene rings is 1. The third-order valence-electron chi connectivity index (χ3n) is 4.53. The van der Waals surface area contributed by atoms with Gasteiger partial charge < -0.3 is 4.90 Å². The van der Waals surface area contributed by atoms with Crippen LogP contribution in [0.25, 0.3) is 0 Å². The van der Waals surface area contributed by atoms with E-state index in [0.717, 1.165) is 25.1 Å². The Kier molecular flexibility index (Phi) is 2.77. The Morgan fingerprint density at radius 2 is 1.72 bits per heavy atom. The fourth-order valence-electron chi connectivity index (χ4n) is 3.37. The van der Waals surface area contributed by atoms with E-state index in [1.165, 1.54) is 19.3 Å². The summed E-state index contributed by atoms with van der Waals surface area (Å²) in [6, 6.07) is 10.2. The van der Waals surface area contributed by atoms with Crippen molar-refractivity contribution in [2.75, 3.05) is 18.5 Å². The number of hydrogen-bond donors (Lipinski definition) is 0. The van der Waals surface area contributed by atoms with Crippen molar-refractivity contribution in [3.05, 3.63) is 30.3 Å². The molecular formula is C15H20N2O. The first kappa shape index (κ1) is 11.6. The summed E-state index contributed by atoms with van der Waals surface area (Å²) in [6.07, 6.45) is 6.12. The van der Waals surface area contributed by atoms with E-state index >= 15 is 0 Å². The molecule has 1 aromatic rings. The van der Waals surface area contributed by atoms with Gasteiger partial charge in [-0.3, -0.25) is 4.90 Å². The molecule has 3 nitrogen and oxygen atoms in total. The minimum Gasteiger partial charge on any atom is -0.320 e. The van der Waals surface area contributed by atoms with E-state index < -0.39 is 0 Å². The van der Waals surface area contributed by atoms with Gasteiger partial charge >= 0.3 is 6.03 Å². The van der Waals surface area contributed by atoms with Crippen LogP contribution in [0.4, 0.5) is 10.5 Å². The van der Waals surface area contributed by atoms with Crippen LogP contribution in [-0.4, -0.2) is 30.1 Å². The molecule has 0 unspecified atom stereocenters. The van der Waals surface area contributed by atoms with Crippen LogP contribution in [-0.2, 0) is 0 Å². The van der Waals surface area contributed by atoms with E-state index in [-0.39, 0.29) is 11.6 Å². The summed E-state index contributed by atoms with van der Waals surface area (Å²) in [5.74, 6) is 0.